The lowest BCUT2D eigenvalue weighted by Gasteiger charge is -2.08. The Labute approximate surface area is 121 Å². The maximum atomic E-state index is 12.4. The number of methoxy groups -OCH3 is 1. The normalized spacial score (nSPS) is 10.3. The third-order valence-corrected chi connectivity index (χ3v) is 3.67. The van der Waals surface area contributed by atoms with Crippen LogP contribution in [0.1, 0.15) is 21.5 Å². The van der Waals surface area contributed by atoms with Crippen LogP contribution in [0, 0.1) is 6.92 Å². The van der Waals surface area contributed by atoms with Crippen LogP contribution >= 0.6 is 23.2 Å². The maximum Gasteiger partial charge on any atom is 0.194 e. The molecule has 0 fully saturated rings. The zero-order valence-corrected chi connectivity index (χ0v) is 12.0. The Morgan fingerprint density at radius 3 is 2.53 bits per heavy atom. The van der Waals surface area contributed by atoms with E-state index in [0.717, 1.165) is 11.3 Å². The van der Waals surface area contributed by atoms with Crippen molar-refractivity contribution in [2.75, 3.05) is 7.11 Å². The number of aryl methyl sites for hydroxylation is 1. The summed E-state index contributed by atoms with van der Waals surface area (Å²) >= 11 is 12.0. The Kier molecular flexibility index (Phi) is 4.13. The van der Waals surface area contributed by atoms with Crippen molar-refractivity contribution in [1.29, 1.82) is 0 Å². The molecule has 4 heteroatoms. The number of hydrogen-bond donors (Lipinski definition) is 0. The molecule has 98 valence electrons. The van der Waals surface area contributed by atoms with E-state index in [9.17, 15) is 4.79 Å². The minimum Gasteiger partial charge on any atom is -0.496 e. The molecule has 0 heterocycles. The molecule has 0 radical (unpaired) electrons. The fraction of sp³-hybridized carbons (Fsp3) is 0.133. The maximum absolute atomic E-state index is 12.4. The average molecular weight is 295 g/mol. The largest absolute Gasteiger partial charge is 0.496 e. The van der Waals surface area contributed by atoms with E-state index in [-0.39, 0.29) is 10.8 Å². The Morgan fingerprint density at radius 1 is 1.16 bits per heavy atom. The van der Waals surface area contributed by atoms with Crippen LogP contribution in [0.5, 0.6) is 5.75 Å². The fourth-order valence-electron chi connectivity index (χ4n) is 1.85. The fourth-order valence-corrected chi connectivity index (χ4v) is 2.24. The standard InChI is InChI=1S/C15H12Cl2O2/c1-9-8-10(6-7-13(9)19-2)15(18)11-4-3-5-12(16)14(11)17/h3-8H,1-2H3. The molecular formula is C15H12Cl2O2. The highest BCUT2D eigenvalue weighted by atomic mass is 35.5. The average Bonchev–Trinajstić information content (AvgIpc) is 2.41. The summed E-state index contributed by atoms with van der Waals surface area (Å²) in [4.78, 5) is 12.4. The number of ketones is 1. The minimum absolute atomic E-state index is 0.154. The van der Waals surface area contributed by atoms with Crippen LogP contribution in [0.25, 0.3) is 0 Å². The summed E-state index contributed by atoms with van der Waals surface area (Å²) in [5.41, 5.74) is 1.85. The summed E-state index contributed by atoms with van der Waals surface area (Å²) in [5, 5.41) is 0.653. The van der Waals surface area contributed by atoms with Crippen LogP contribution in [0.2, 0.25) is 10.0 Å². The molecule has 0 amide bonds. The van der Waals surface area contributed by atoms with E-state index in [1.165, 1.54) is 0 Å². The van der Waals surface area contributed by atoms with E-state index in [4.69, 9.17) is 27.9 Å². The summed E-state index contributed by atoms with van der Waals surface area (Å²) in [6.07, 6.45) is 0. The van der Waals surface area contributed by atoms with E-state index >= 15 is 0 Å². The van der Waals surface area contributed by atoms with Gasteiger partial charge in [-0.1, -0.05) is 29.3 Å². The third kappa shape index (κ3) is 2.75. The number of ether oxygens (including phenoxy) is 1. The van der Waals surface area contributed by atoms with E-state index in [1.807, 2.05) is 6.92 Å². The van der Waals surface area contributed by atoms with Gasteiger partial charge in [0, 0.05) is 11.1 Å². The molecule has 0 aliphatic carbocycles. The Balaban J connectivity index is 2.44. The number of benzene rings is 2. The summed E-state index contributed by atoms with van der Waals surface area (Å²) in [5.74, 6) is 0.590. The van der Waals surface area contributed by atoms with Crippen molar-refractivity contribution in [1.82, 2.24) is 0 Å². The molecule has 0 saturated carbocycles. The number of carbonyl (C=O) groups excluding carboxylic acids is 1. The lowest BCUT2D eigenvalue weighted by atomic mass is 10.0. The van der Waals surface area contributed by atoms with Crippen molar-refractivity contribution in [2.45, 2.75) is 6.92 Å². The molecule has 0 aliphatic heterocycles. The van der Waals surface area contributed by atoms with Gasteiger partial charge >= 0.3 is 0 Å². The van der Waals surface area contributed by atoms with Crippen LogP contribution < -0.4 is 4.74 Å². The van der Waals surface area contributed by atoms with Crippen molar-refractivity contribution >= 4 is 29.0 Å². The van der Waals surface area contributed by atoms with Crippen LogP contribution in [0.3, 0.4) is 0 Å². The Morgan fingerprint density at radius 2 is 1.89 bits per heavy atom. The molecule has 0 aromatic heterocycles. The van der Waals surface area contributed by atoms with Gasteiger partial charge in [-0.3, -0.25) is 4.79 Å². The molecule has 2 aromatic carbocycles. The van der Waals surface area contributed by atoms with Gasteiger partial charge in [0.15, 0.2) is 5.78 Å². The second-order valence-electron chi connectivity index (χ2n) is 4.11. The first-order chi connectivity index (χ1) is 9.04. The molecule has 2 nitrogen and oxygen atoms in total. The highest BCUT2D eigenvalue weighted by Gasteiger charge is 2.15. The molecule has 2 rings (SSSR count). The van der Waals surface area contributed by atoms with Gasteiger partial charge in [-0.2, -0.15) is 0 Å². The molecule has 0 spiro atoms. The van der Waals surface area contributed by atoms with E-state index in [0.29, 0.717) is 16.1 Å². The molecule has 0 aliphatic rings. The molecule has 0 N–H and O–H groups in total. The lowest BCUT2D eigenvalue weighted by molar-refractivity contribution is 0.103. The summed E-state index contributed by atoms with van der Waals surface area (Å²) in [7, 11) is 1.59. The zero-order chi connectivity index (χ0) is 14.0. The van der Waals surface area contributed by atoms with Crippen molar-refractivity contribution in [2.24, 2.45) is 0 Å². The predicted molar refractivity (Wildman–Crippen MR) is 77.6 cm³/mol. The monoisotopic (exact) mass is 294 g/mol. The molecular weight excluding hydrogens is 283 g/mol. The van der Waals surface area contributed by atoms with Gasteiger partial charge in [-0.15, -0.1) is 0 Å². The Bertz CT molecular complexity index is 636. The minimum atomic E-state index is -0.154. The summed E-state index contributed by atoms with van der Waals surface area (Å²) < 4.78 is 5.17. The highest BCUT2D eigenvalue weighted by molar-refractivity contribution is 6.44. The number of hydrogen-bond acceptors (Lipinski definition) is 2. The third-order valence-electron chi connectivity index (χ3n) is 2.85. The van der Waals surface area contributed by atoms with Crippen LogP contribution in [0.4, 0.5) is 0 Å². The first-order valence-electron chi connectivity index (χ1n) is 5.68. The second-order valence-corrected chi connectivity index (χ2v) is 4.90. The van der Waals surface area contributed by atoms with Crippen LogP contribution in [-0.2, 0) is 0 Å². The molecule has 2 aromatic rings. The molecule has 0 bridgehead atoms. The summed E-state index contributed by atoms with van der Waals surface area (Å²) in [6.45, 7) is 1.88. The molecule has 0 atom stereocenters. The van der Waals surface area contributed by atoms with Crippen LogP contribution in [-0.4, -0.2) is 12.9 Å². The first-order valence-corrected chi connectivity index (χ1v) is 6.43. The van der Waals surface area contributed by atoms with Gasteiger partial charge in [-0.05, 0) is 42.8 Å². The van der Waals surface area contributed by atoms with Gasteiger partial charge in [0.2, 0.25) is 0 Å². The number of halogens is 2. The van der Waals surface area contributed by atoms with Gasteiger partial charge < -0.3 is 4.74 Å². The zero-order valence-electron chi connectivity index (χ0n) is 10.5. The molecule has 19 heavy (non-hydrogen) atoms. The predicted octanol–water partition coefficient (Wildman–Crippen LogP) is 4.54. The van der Waals surface area contributed by atoms with Gasteiger partial charge in [-0.25, -0.2) is 0 Å². The van der Waals surface area contributed by atoms with Gasteiger partial charge in [0.25, 0.3) is 0 Å². The van der Waals surface area contributed by atoms with E-state index in [2.05, 4.69) is 0 Å². The molecule has 0 unspecified atom stereocenters. The second kappa shape index (κ2) is 5.64. The number of rotatable bonds is 3. The van der Waals surface area contributed by atoms with Crippen molar-refractivity contribution in [3.63, 3.8) is 0 Å². The topological polar surface area (TPSA) is 26.3 Å². The smallest absolute Gasteiger partial charge is 0.194 e. The highest BCUT2D eigenvalue weighted by Crippen LogP contribution is 2.28. The Hall–Kier alpha value is -1.51. The quantitative estimate of drug-likeness (QED) is 0.777. The number of carbonyl (C=O) groups is 1. The van der Waals surface area contributed by atoms with E-state index in [1.54, 1.807) is 43.5 Å². The van der Waals surface area contributed by atoms with E-state index < -0.39 is 0 Å². The van der Waals surface area contributed by atoms with Crippen LogP contribution in [0.15, 0.2) is 36.4 Å². The van der Waals surface area contributed by atoms with Gasteiger partial charge in [0.1, 0.15) is 5.75 Å². The van der Waals surface area contributed by atoms with Gasteiger partial charge in [0.05, 0.1) is 17.2 Å². The first kappa shape index (κ1) is 13.9. The van der Waals surface area contributed by atoms with Crippen molar-refractivity contribution in [3.8, 4) is 5.75 Å². The molecule has 0 saturated heterocycles. The van der Waals surface area contributed by atoms with Crippen molar-refractivity contribution in [3.05, 3.63) is 63.1 Å². The SMILES string of the molecule is COc1ccc(C(=O)c2cccc(Cl)c2Cl)cc1C. The lowest BCUT2D eigenvalue weighted by Crippen LogP contribution is -2.03. The van der Waals surface area contributed by atoms with Crippen molar-refractivity contribution < 1.29 is 9.53 Å². The summed E-state index contributed by atoms with van der Waals surface area (Å²) in [6, 6.07) is 10.3.